The molecule has 0 spiro atoms. The number of ether oxygens (including phenoxy) is 1. The Balaban J connectivity index is 2.07. The first-order chi connectivity index (χ1) is 11.0. The summed E-state index contributed by atoms with van der Waals surface area (Å²) in [6.07, 6.45) is 4.32. The van der Waals surface area contributed by atoms with E-state index in [4.69, 9.17) is 16.3 Å². The summed E-state index contributed by atoms with van der Waals surface area (Å²) in [5.41, 5.74) is 0.881. The van der Waals surface area contributed by atoms with Crippen molar-refractivity contribution in [1.29, 1.82) is 0 Å². The van der Waals surface area contributed by atoms with E-state index in [0.717, 1.165) is 16.7 Å². The standard InChI is InChI=1S/C16H19ClN2O3S/c1-22-16(21)13(6-8-23-2)18-15(20)10-19-7-5-11-3-4-12(17)9-14(11)19/h3-5,7,9,13H,6,8,10H2,1-2H3,(H,18,20)/t13-/m0/s1. The third-order valence-electron chi connectivity index (χ3n) is 3.48. The van der Waals surface area contributed by atoms with Crippen LogP contribution in [0.4, 0.5) is 0 Å². The van der Waals surface area contributed by atoms with Crippen LogP contribution in [0.15, 0.2) is 30.5 Å². The monoisotopic (exact) mass is 354 g/mol. The van der Waals surface area contributed by atoms with Gasteiger partial charge in [0, 0.05) is 16.7 Å². The molecular weight excluding hydrogens is 336 g/mol. The van der Waals surface area contributed by atoms with Crippen molar-refractivity contribution >= 4 is 46.1 Å². The number of esters is 1. The molecule has 1 heterocycles. The van der Waals surface area contributed by atoms with E-state index < -0.39 is 12.0 Å². The summed E-state index contributed by atoms with van der Waals surface area (Å²) in [6.45, 7) is 0.122. The molecule has 23 heavy (non-hydrogen) atoms. The number of fused-ring (bicyclic) bond motifs is 1. The van der Waals surface area contributed by atoms with Gasteiger partial charge in [-0.15, -0.1) is 0 Å². The highest BCUT2D eigenvalue weighted by atomic mass is 35.5. The minimum absolute atomic E-state index is 0.122. The van der Waals surface area contributed by atoms with Crippen LogP contribution >= 0.6 is 23.4 Å². The molecule has 0 aliphatic carbocycles. The lowest BCUT2D eigenvalue weighted by Gasteiger charge is -2.16. The third-order valence-corrected chi connectivity index (χ3v) is 4.36. The molecule has 1 N–H and O–H groups in total. The second-order valence-corrected chi connectivity index (χ2v) is 6.49. The summed E-state index contributed by atoms with van der Waals surface area (Å²) in [7, 11) is 1.32. The molecule has 124 valence electrons. The zero-order valence-electron chi connectivity index (χ0n) is 13.0. The molecule has 0 bridgehead atoms. The Morgan fingerprint density at radius 2 is 2.17 bits per heavy atom. The Labute approximate surface area is 144 Å². The highest BCUT2D eigenvalue weighted by Crippen LogP contribution is 2.20. The molecule has 1 aromatic carbocycles. The first-order valence-electron chi connectivity index (χ1n) is 7.15. The van der Waals surface area contributed by atoms with Gasteiger partial charge in [-0.25, -0.2) is 4.79 Å². The predicted octanol–water partition coefficient (Wildman–Crippen LogP) is 2.71. The summed E-state index contributed by atoms with van der Waals surface area (Å²) < 4.78 is 6.55. The number of amides is 1. The lowest BCUT2D eigenvalue weighted by molar-refractivity contribution is -0.145. The molecule has 0 unspecified atom stereocenters. The second-order valence-electron chi connectivity index (χ2n) is 5.07. The summed E-state index contributed by atoms with van der Waals surface area (Å²) in [6, 6.07) is 6.83. The van der Waals surface area contributed by atoms with E-state index in [-0.39, 0.29) is 12.5 Å². The van der Waals surface area contributed by atoms with Gasteiger partial charge in [0.15, 0.2) is 0 Å². The minimum Gasteiger partial charge on any atom is -0.467 e. The van der Waals surface area contributed by atoms with Gasteiger partial charge in [-0.2, -0.15) is 11.8 Å². The second kappa shape index (κ2) is 8.26. The zero-order chi connectivity index (χ0) is 16.8. The molecule has 7 heteroatoms. The number of benzene rings is 1. The van der Waals surface area contributed by atoms with E-state index in [9.17, 15) is 9.59 Å². The van der Waals surface area contributed by atoms with Gasteiger partial charge in [0.1, 0.15) is 12.6 Å². The van der Waals surface area contributed by atoms with Crippen molar-refractivity contribution in [2.24, 2.45) is 0 Å². The molecule has 0 saturated heterocycles. The Bertz CT molecular complexity index is 702. The number of hydrogen-bond acceptors (Lipinski definition) is 4. The molecule has 2 rings (SSSR count). The van der Waals surface area contributed by atoms with Crippen LogP contribution < -0.4 is 5.32 Å². The van der Waals surface area contributed by atoms with Crippen LogP contribution in [0.2, 0.25) is 5.02 Å². The smallest absolute Gasteiger partial charge is 0.328 e. The van der Waals surface area contributed by atoms with Crippen molar-refractivity contribution in [2.75, 3.05) is 19.1 Å². The van der Waals surface area contributed by atoms with E-state index >= 15 is 0 Å². The van der Waals surface area contributed by atoms with Crippen molar-refractivity contribution in [1.82, 2.24) is 9.88 Å². The van der Waals surface area contributed by atoms with E-state index in [1.165, 1.54) is 7.11 Å². The Morgan fingerprint density at radius 3 is 2.87 bits per heavy atom. The maximum atomic E-state index is 12.3. The fourth-order valence-corrected chi connectivity index (χ4v) is 2.95. The Morgan fingerprint density at radius 1 is 1.39 bits per heavy atom. The maximum absolute atomic E-state index is 12.3. The maximum Gasteiger partial charge on any atom is 0.328 e. The van der Waals surface area contributed by atoms with Crippen molar-refractivity contribution in [3.8, 4) is 0 Å². The zero-order valence-corrected chi connectivity index (χ0v) is 14.6. The van der Waals surface area contributed by atoms with Crippen LogP contribution in [0.1, 0.15) is 6.42 Å². The molecule has 0 saturated carbocycles. The third kappa shape index (κ3) is 4.65. The predicted molar refractivity (Wildman–Crippen MR) is 93.9 cm³/mol. The Hall–Kier alpha value is -1.66. The van der Waals surface area contributed by atoms with Crippen LogP contribution in [-0.4, -0.2) is 41.6 Å². The topological polar surface area (TPSA) is 60.3 Å². The quantitative estimate of drug-likeness (QED) is 0.777. The number of methoxy groups -OCH3 is 1. The number of nitrogens with zero attached hydrogens (tertiary/aromatic N) is 1. The van der Waals surface area contributed by atoms with Gasteiger partial charge in [-0.3, -0.25) is 4.79 Å². The van der Waals surface area contributed by atoms with Gasteiger partial charge in [-0.1, -0.05) is 17.7 Å². The SMILES string of the molecule is COC(=O)[C@H](CCSC)NC(=O)Cn1ccc2ccc(Cl)cc21. The normalized spacial score (nSPS) is 12.1. The van der Waals surface area contributed by atoms with Gasteiger partial charge in [0.2, 0.25) is 5.91 Å². The minimum atomic E-state index is -0.620. The molecule has 1 atom stereocenters. The average molecular weight is 355 g/mol. The molecular formula is C16H19ClN2O3S. The van der Waals surface area contributed by atoms with Gasteiger partial charge in [-0.05, 0) is 42.0 Å². The van der Waals surface area contributed by atoms with Gasteiger partial charge in [0.05, 0.1) is 7.11 Å². The van der Waals surface area contributed by atoms with Crippen LogP contribution in [0, 0.1) is 0 Å². The van der Waals surface area contributed by atoms with Gasteiger partial charge in [0.25, 0.3) is 0 Å². The Kier molecular flexibility index (Phi) is 6.36. The molecule has 5 nitrogen and oxygen atoms in total. The summed E-state index contributed by atoms with van der Waals surface area (Å²) in [5, 5.41) is 4.36. The van der Waals surface area contributed by atoms with Crippen molar-refractivity contribution < 1.29 is 14.3 Å². The van der Waals surface area contributed by atoms with Crippen molar-refractivity contribution in [3.63, 3.8) is 0 Å². The number of thioether (sulfide) groups is 1. The molecule has 1 amide bonds. The van der Waals surface area contributed by atoms with Crippen LogP contribution in [0.3, 0.4) is 0 Å². The molecule has 2 aromatic rings. The fraction of sp³-hybridized carbons (Fsp3) is 0.375. The number of carbonyl (C=O) groups is 2. The molecule has 0 fully saturated rings. The largest absolute Gasteiger partial charge is 0.467 e. The fourth-order valence-electron chi connectivity index (χ4n) is 2.32. The van der Waals surface area contributed by atoms with E-state index in [2.05, 4.69) is 5.32 Å². The molecule has 0 radical (unpaired) electrons. The molecule has 0 aliphatic rings. The van der Waals surface area contributed by atoms with Crippen LogP contribution in [-0.2, 0) is 20.9 Å². The van der Waals surface area contributed by atoms with Crippen molar-refractivity contribution in [2.45, 2.75) is 19.0 Å². The number of carbonyl (C=O) groups excluding carboxylic acids is 2. The number of nitrogens with one attached hydrogen (secondary N) is 1. The first kappa shape index (κ1) is 17.7. The summed E-state index contributed by atoms with van der Waals surface area (Å²) in [4.78, 5) is 24.0. The average Bonchev–Trinajstić information content (AvgIpc) is 2.92. The van der Waals surface area contributed by atoms with Crippen molar-refractivity contribution in [3.05, 3.63) is 35.5 Å². The van der Waals surface area contributed by atoms with Gasteiger partial charge >= 0.3 is 5.97 Å². The number of aromatic nitrogens is 1. The molecule has 1 aromatic heterocycles. The van der Waals surface area contributed by atoms with Crippen LogP contribution in [0.25, 0.3) is 10.9 Å². The summed E-state index contributed by atoms with van der Waals surface area (Å²) >= 11 is 7.62. The van der Waals surface area contributed by atoms with E-state index in [1.54, 1.807) is 16.3 Å². The lowest BCUT2D eigenvalue weighted by atomic mass is 10.2. The van der Waals surface area contributed by atoms with Crippen LogP contribution in [0.5, 0.6) is 0 Å². The lowest BCUT2D eigenvalue weighted by Crippen LogP contribution is -2.43. The van der Waals surface area contributed by atoms with E-state index in [0.29, 0.717) is 11.4 Å². The highest BCUT2D eigenvalue weighted by molar-refractivity contribution is 7.98. The van der Waals surface area contributed by atoms with Gasteiger partial charge < -0.3 is 14.6 Å². The van der Waals surface area contributed by atoms with E-state index in [1.807, 2.05) is 36.7 Å². The highest BCUT2D eigenvalue weighted by Gasteiger charge is 2.21. The summed E-state index contributed by atoms with van der Waals surface area (Å²) in [5.74, 6) is 0.106. The number of hydrogen-bond donors (Lipinski definition) is 1. The number of rotatable bonds is 7. The molecule has 0 aliphatic heterocycles. The first-order valence-corrected chi connectivity index (χ1v) is 8.93. The number of halogens is 1.